The van der Waals surface area contributed by atoms with Crippen LogP contribution in [0.15, 0.2) is 29.3 Å². The summed E-state index contributed by atoms with van der Waals surface area (Å²) in [4.78, 5) is 56.2. The minimum absolute atomic E-state index is 0.0853. The van der Waals surface area contributed by atoms with Crippen LogP contribution < -0.4 is 27.8 Å². The van der Waals surface area contributed by atoms with Crippen LogP contribution in [0.4, 0.5) is 0 Å². The molecule has 4 atom stereocenters. The van der Waals surface area contributed by atoms with Gasteiger partial charge in [0.25, 0.3) is 0 Å². The molecule has 1 aliphatic heterocycles. The number of carbonyl (C=O) groups is 4. The molecule has 1 aliphatic rings. The number of phenolic OH excluding ortho intramolecular Hbond substituents is 1. The normalized spacial score (nSPS) is 17.4. The van der Waals surface area contributed by atoms with Crippen molar-refractivity contribution < 1.29 is 29.4 Å². The second-order valence-corrected chi connectivity index (χ2v) is 9.75. The molecule has 13 nitrogen and oxygen atoms in total. The van der Waals surface area contributed by atoms with Gasteiger partial charge in [-0.3, -0.25) is 19.4 Å². The Morgan fingerprint density at radius 2 is 1.76 bits per heavy atom. The second kappa shape index (κ2) is 14.2. The molecule has 0 radical (unpaired) electrons. The molecule has 2 rings (SSSR count). The maximum absolute atomic E-state index is 13.3. The Labute approximate surface area is 221 Å². The number of aromatic hydroxyl groups is 1. The van der Waals surface area contributed by atoms with Crippen LogP contribution in [0.3, 0.4) is 0 Å². The summed E-state index contributed by atoms with van der Waals surface area (Å²) < 4.78 is 0. The zero-order valence-corrected chi connectivity index (χ0v) is 21.8. The van der Waals surface area contributed by atoms with Crippen molar-refractivity contribution in [2.24, 2.45) is 28.1 Å². The van der Waals surface area contributed by atoms with E-state index in [0.717, 1.165) is 5.56 Å². The van der Waals surface area contributed by atoms with Gasteiger partial charge in [0.2, 0.25) is 17.7 Å². The number of hydrogen-bond acceptors (Lipinski definition) is 7. The first kappa shape index (κ1) is 30.4. The van der Waals surface area contributed by atoms with Crippen molar-refractivity contribution in [3.05, 3.63) is 29.8 Å². The lowest BCUT2D eigenvalue weighted by Gasteiger charge is -2.30. The number of aliphatic carboxylic acids is 1. The number of carboxylic acids is 1. The van der Waals surface area contributed by atoms with Crippen LogP contribution in [0.25, 0.3) is 0 Å². The van der Waals surface area contributed by atoms with Crippen molar-refractivity contribution in [3.8, 4) is 5.75 Å². The lowest BCUT2D eigenvalue weighted by molar-refractivity contribution is -0.150. The molecule has 13 heteroatoms. The van der Waals surface area contributed by atoms with Gasteiger partial charge in [-0.15, -0.1) is 0 Å². The molecule has 1 saturated heterocycles. The zero-order valence-electron chi connectivity index (χ0n) is 21.8. The number of nitrogens with one attached hydrogen (secondary N) is 2. The van der Waals surface area contributed by atoms with E-state index >= 15 is 0 Å². The van der Waals surface area contributed by atoms with Crippen molar-refractivity contribution in [1.29, 1.82) is 0 Å². The van der Waals surface area contributed by atoms with E-state index in [-0.39, 0.29) is 37.0 Å². The molecule has 4 unspecified atom stereocenters. The number of aliphatic imine (C=N–C) groups is 1. The van der Waals surface area contributed by atoms with E-state index in [9.17, 15) is 29.4 Å². The van der Waals surface area contributed by atoms with Crippen molar-refractivity contribution in [2.75, 3.05) is 13.1 Å². The largest absolute Gasteiger partial charge is 0.508 e. The molecule has 1 heterocycles. The zero-order chi connectivity index (χ0) is 28.4. The molecule has 0 bridgehead atoms. The molecule has 0 aromatic heterocycles. The number of benzene rings is 1. The minimum Gasteiger partial charge on any atom is -0.508 e. The summed E-state index contributed by atoms with van der Waals surface area (Å²) in [5, 5.41) is 24.3. The van der Waals surface area contributed by atoms with Crippen molar-refractivity contribution in [2.45, 2.75) is 70.1 Å². The van der Waals surface area contributed by atoms with E-state index in [4.69, 9.17) is 17.2 Å². The molecule has 210 valence electrons. The lowest BCUT2D eigenvalue weighted by atomic mass is 10.0. The van der Waals surface area contributed by atoms with Crippen LogP contribution >= 0.6 is 0 Å². The Balaban J connectivity index is 2.14. The summed E-state index contributed by atoms with van der Waals surface area (Å²) in [5.74, 6) is -3.09. The first-order valence-corrected chi connectivity index (χ1v) is 12.6. The van der Waals surface area contributed by atoms with E-state index in [2.05, 4.69) is 15.6 Å². The Kier molecular flexibility index (Phi) is 11.3. The minimum atomic E-state index is -1.09. The summed E-state index contributed by atoms with van der Waals surface area (Å²) >= 11 is 0. The highest BCUT2D eigenvalue weighted by Gasteiger charge is 2.39. The van der Waals surface area contributed by atoms with Gasteiger partial charge in [-0.05, 0) is 55.7 Å². The average Bonchev–Trinajstić information content (AvgIpc) is 3.35. The molecule has 0 saturated carbocycles. The topological polar surface area (TPSA) is 226 Å². The fraction of sp³-hybridized carbons (Fsp3) is 0.560. The third kappa shape index (κ3) is 8.91. The number of phenols is 1. The number of amides is 3. The van der Waals surface area contributed by atoms with Crippen LogP contribution in [0.1, 0.15) is 45.1 Å². The van der Waals surface area contributed by atoms with Crippen molar-refractivity contribution >= 4 is 29.7 Å². The van der Waals surface area contributed by atoms with Gasteiger partial charge in [-0.1, -0.05) is 26.0 Å². The van der Waals surface area contributed by atoms with Crippen LogP contribution in [-0.4, -0.2) is 82.0 Å². The number of carboxylic acid groups (broad SMARTS) is 1. The summed E-state index contributed by atoms with van der Waals surface area (Å²) in [7, 11) is 0. The molecule has 10 N–H and O–H groups in total. The Morgan fingerprint density at radius 3 is 2.34 bits per heavy atom. The number of guanidine groups is 1. The number of carbonyl (C=O) groups excluding carboxylic acids is 3. The fourth-order valence-corrected chi connectivity index (χ4v) is 4.26. The highest BCUT2D eigenvalue weighted by molar-refractivity contribution is 5.94. The molecule has 1 aromatic rings. The molecule has 0 aliphatic carbocycles. The third-order valence-electron chi connectivity index (χ3n) is 6.36. The van der Waals surface area contributed by atoms with Crippen LogP contribution in [0.2, 0.25) is 0 Å². The average molecular weight is 534 g/mol. The molecule has 1 fully saturated rings. The summed E-state index contributed by atoms with van der Waals surface area (Å²) in [5.41, 5.74) is 17.5. The highest BCUT2D eigenvalue weighted by atomic mass is 16.4. The molecule has 0 spiro atoms. The third-order valence-corrected chi connectivity index (χ3v) is 6.36. The monoisotopic (exact) mass is 533 g/mol. The van der Waals surface area contributed by atoms with Gasteiger partial charge in [0.15, 0.2) is 5.96 Å². The lowest BCUT2D eigenvalue weighted by Crippen LogP contribution is -2.58. The highest BCUT2D eigenvalue weighted by Crippen LogP contribution is 2.20. The maximum Gasteiger partial charge on any atom is 0.326 e. The summed E-state index contributed by atoms with van der Waals surface area (Å²) in [6.07, 6.45) is 1.61. The molecular weight excluding hydrogens is 494 g/mol. The van der Waals surface area contributed by atoms with Gasteiger partial charge in [0.1, 0.15) is 23.9 Å². The van der Waals surface area contributed by atoms with Crippen LogP contribution in [-0.2, 0) is 25.6 Å². The number of rotatable bonds is 13. The predicted octanol–water partition coefficient (Wildman–Crippen LogP) is -0.983. The summed E-state index contributed by atoms with van der Waals surface area (Å²) in [6, 6.07) is 2.32. The summed E-state index contributed by atoms with van der Waals surface area (Å²) in [6.45, 7) is 4.00. The Hall–Kier alpha value is -3.87. The van der Waals surface area contributed by atoms with Crippen molar-refractivity contribution in [3.63, 3.8) is 0 Å². The molecular formula is C25H39N7O6. The quantitative estimate of drug-likeness (QED) is 0.0937. The van der Waals surface area contributed by atoms with Gasteiger partial charge in [-0.25, -0.2) is 4.79 Å². The Bertz CT molecular complexity index is 1010. The van der Waals surface area contributed by atoms with E-state index in [1.54, 1.807) is 26.0 Å². The molecule has 1 aromatic carbocycles. The van der Waals surface area contributed by atoms with E-state index in [1.165, 1.54) is 17.0 Å². The molecule has 3 amide bonds. The van der Waals surface area contributed by atoms with Gasteiger partial charge >= 0.3 is 5.97 Å². The smallest absolute Gasteiger partial charge is 0.326 e. The van der Waals surface area contributed by atoms with Gasteiger partial charge in [0.05, 0.1) is 6.04 Å². The van der Waals surface area contributed by atoms with Gasteiger partial charge in [-0.2, -0.15) is 0 Å². The van der Waals surface area contributed by atoms with Crippen molar-refractivity contribution in [1.82, 2.24) is 15.5 Å². The molecule has 38 heavy (non-hydrogen) atoms. The van der Waals surface area contributed by atoms with Gasteiger partial charge in [0, 0.05) is 13.1 Å². The second-order valence-electron chi connectivity index (χ2n) is 9.75. The SMILES string of the molecule is CC(C)C(NC(=O)C(CCCN=C(N)N)NC(=O)C(N)Cc1ccc(O)cc1)C(=O)N1CCCC1C(=O)O. The van der Waals surface area contributed by atoms with Gasteiger partial charge < -0.3 is 42.9 Å². The fourth-order valence-electron chi connectivity index (χ4n) is 4.26. The predicted molar refractivity (Wildman–Crippen MR) is 141 cm³/mol. The van der Waals surface area contributed by atoms with E-state index in [1.807, 2.05) is 0 Å². The standard InChI is InChI=1S/C25H39N7O6/c1-14(2)20(23(36)32-12-4-6-19(32)24(37)38)31-22(35)18(5-3-11-29-25(27)28)30-21(34)17(26)13-15-7-9-16(33)10-8-15/h7-10,14,17-20,33H,3-6,11-13,26H2,1-2H3,(H,30,34)(H,31,35)(H,37,38)(H4,27,28,29). The Morgan fingerprint density at radius 1 is 1.11 bits per heavy atom. The maximum atomic E-state index is 13.3. The number of hydrogen-bond donors (Lipinski definition) is 7. The van der Waals surface area contributed by atoms with E-state index < -0.39 is 47.9 Å². The van der Waals surface area contributed by atoms with Crippen LogP contribution in [0, 0.1) is 5.92 Å². The van der Waals surface area contributed by atoms with E-state index in [0.29, 0.717) is 25.8 Å². The first-order valence-electron chi connectivity index (χ1n) is 12.6. The number of nitrogens with zero attached hydrogens (tertiary/aromatic N) is 2. The first-order chi connectivity index (χ1) is 17.9. The number of likely N-dealkylation sites (tertiary alicyclic amines) is 1. The van der Waals surface area contributed by atoms with Crippen LogP contribution in [0.5, 0.6) is 5.75 Å². The number of nitrogens with two attached hydrogens (primary N) is 3.